The Morgan fingerprint density at radius 3 is 2.12 bits per heavy atom. The molecular weight excluding hydrogens is 548 g/mol. The minimum Gasteiger partial charge on any atom is -0.331 e. The average Bonchev–Trinajstić information content (AvgIpc) is 3.05. The van der Waals surface area contributed by atoms with E-state index >= 15 is 0 Å². The first-order valence-electron chi connectivity index (χ1n) is 8.37. The largest absolute Gasteiger partial charge is 0.331 e. The van der Waals surface area contributed by atoms with E-state index in [2.05, 4.69) is 45.9 Å². The molecule has 1 heterocycles. The normalized spacial score (nSPS) is 8.88. The Bertz CT molecular complexity index is 658. The second-order valence-corrected chi connectivity index (χ2v) is 4.58. The molecule has 3 rings (SSSR count). The van der Waals surface area contributed by atoms with Crippen molar-refractivity contribution in [2.24, 2.45) is 0 Å². The summed E-state index contributed by atoms with van der Waals surface area (Å²) in [6.45, 7) is 10.9. The zero-order valence-corrected chi connectivity index (χ0v) is 22.0. The number of imidazole rings is 1. The van der Waals surface area contributed by atoms with Gasteiger partial charge in [-0.15, -0.1) is 35.9 Å². The molecule has 0 N–H and O–H groups in total. The summed E-state index contributed by atoms with van der Waals surface area (Å²) in [5, 5.41) is 0. The number of hydrogen-bond donors (Lipinski definition) is 0. The van der Waals surface area contributed by atoms with E-state index in [0.717, 1.165) is 17.9 Å². The van der Waals surface area contributed by atoms with E-state index in [0.29, 0.717) is 0 Å². The molecule has 0 saturated carbocycles. The fourth-order valence-corrected chi connectivity index (χ4v) is 2.13. The van der Waals surface area contributed by atoms with Gasteiger partial charge in [-0.1, -0.05) is 57.5 Å². The average molecular weight is 575 g/mol. The van der Waals surface area contributed by atoms with Gasteiger partial charge in [-0.05, 0) is 12.5 Å². The van der Waals surface area contributed by atoms with Crippen molar-refractivity contribution in [3.8, 4) is 11.1 Å². The van der Waals surface area contributed by atoms with Crippen LogP contribution in [0.25, 0.3) is 11.1 Å². The minimum absolute atomic E-state index is 0. The minimum atomic E-state index is 0. The number of hydrogen-bond acceptors (Lipinski definition) is 1. The van der Waals surface area contributed by atoms with Crippen molar-refractivity contribution in [2.75, 3.05) is 0 Å². The third-order valence-electron chi connectivity index (χ3n) is 3.25. The summed E-state index contributed by atoms with van der Waals surface area (Å²) in [5.41, 5.74) is 3.61. The molecule has 0 atom stereocenters. The summed E-state index contributed by atoms with van der Waals surface area (Å²) in [6, 6.07) is 19.9. The summed E-state index contributed by atoms with van der Waals surface area (Å²) in [6.07, 6.45) is 3.84. The topological polar surface area (TPSA) is 17.8 Å². The van der Waals surface area contributed by atoms with Gasteiger partial charge in [-0.2, -0.15) is 0 Å². The van der Waals surface area contributed by atoms with Gasteiger partial charge in [0.15, 0.2) is 0 Å². The molecule has 0 amide bonds. The van der Waals surface area contributed by atoms with Crippen molar-refractivity contribution in [3.05, 3.63) is 78.4 Å². The van der Waals surface area contributed by atoms with Crippen molar-refractivity contribution in [1.82, 2.24) is 9.55 Å². The van der Waals surface area contributed by atoms with Gasteiger partial charge >= 0.3 is 0 Å². The van der Waals surface area contributed by atoms with E-state index in [1.807, 2.05) is 65.2 Å². The smallest absolute Gasteiger partial charge is 0.105 e. The number of nitrogens with zero attached hydrogens (tertiary/aromatic N) is 2. The predicted molar refractivity (Wildman–Crippen MR) is 99.5 cm³/mol. The van der Waals surface area contributed by atoms with Gasteiger partial charge in [0, 0.05) is 18.9 Å². The van der Waals surface area contributed by atoms with Crippen molar-refractivity contribution >= 4 is 0 Å². The van der Waals surface area contributed by atoms with Crippen LogP contribution in [-0.2, 0) is 6.54 Å². The van der Waals surface area contributed by atoms with E-state index in [-0.39, 0.29) is 0 Å². The third kappa shape index (κ3) is 5.45. The van der Waals surface area contributed by atoms with Crippen LogP contribution in [0.2, 0.25) is 0 Å². The number of benzene rings is 2. The standard InChI is InChI=1S/C17H15N2.2C2H6.Db/c1-14-18-11-12-19(14)13-15-7-9-17(10-8-15)16-5-3-2-4-6-16;2*1-2;/h2-5,7-12H,13H2,1H3;2*1-2H3;/q-1;;;. The van der Waals surface area contributed by atoms with Gasteiger partial charge in [0.1, 0.15) is 5.82 Å². The molecule has 24 heavy (non-hydrogen) atoms. The van der Waals surface area contributed by atoms with Crippen molar-refractivity contribution in [3.63, 3.8) is 0 Å². The quantitative estimate of drug-likeness (QED) is 0.364. The predicted octanol–water partition coefficient (Wildman–Crippen LogP) is 5.76. The molecular formula is C21H27DbN2-. The summed E-state index contributed by atoms with van der Waals surface area (Å²) in [5.74, 6) is 1.04. The summed E-state index contributed by atoms with van der Waals surface area (Å²) < 4.78 is 2.14. The van der Waals surface area contributed by atoms with Crippen LogP contribution < -0.4 is 0 Å². The molecule has 0 aliphatic heterocycles. The van der Waals surface area contributed by atoms with Crippen LogP contribution in [0.15, 0.2) is 60.9 Å². The molecule has 1 aromatic heterocycles. The van der Waals surface area contributed by atoms with Crippen LogP contribution in [-0.4, -0.2) is 9.55 Å². The number of rotatable bonds is 3. The van der Waals surface area contributed by atoms with E-state index < -0.39 is 0 Å². The Morgan fingerprint density at radius 2 is 1.62 bits per heavy atom. The maximum Gasteiger partial charge on any atom is 0.105 e. The molecule has 0 unspecified atom stereocenters. The van der Waals surface area contributed by atoms with Crippen LogP contribution in [0.4, 0.5) is 0 Å². The molecule has 0 saturated heterocycles. The van der Waals surface area contributed by atoms with Crippen molar-refractivity contribution in [2.45, 2.75) is 41.2 Å². The van der Waals surface area contributed by atoms with Gasteiger partial charge < -0.3 is 4.57 Å². The van der Waals surface area contributed by atoms with Crippen molar-refractivity contribution in [1.29, 1.82) is 0 Å². The third-order valence-corrected chi connectivity index (χ3v) is 3.25. The summed E-state index contributed by atoms with van der Waals surface area (Å²) in [4.78, 5) is 4.24. The first kappa shape index (κ1) is 20.7. The maximum atomic E-state index is 4.24. The van der Waals surface area contributed by atoms with Gasteiger partial charge in [-0.3, -0.25) is 0 Å². The Hall–Kier alpha value is -3.35. The maximum absolute atomic E-state index is 4.24. The molecule has 2 aromatic carbocycles. The molecule has 0 fully saturated rings. The Labute approximate surface area is 140 Å². The number of aryl methyl sites for hydroxylation is 1. The molecule has 3 aromatic rings. The second-order valence-electron chi connectivity index (χ2n) is 4.58. The van der Waals surface area contributed by atoms with Gasteiger partial charge in [0.25, 0.3) is 0 Å². The second kappa shape index (κ2) is 11.2. The van der Waals surface area contributed by atoms with Crippen LogP contribution in [0.3, 0.4) is 0 Å². The molecule has 2 nitrogen and oxygen atoms in total. The molecule has 3 heteroatoms. The fourth-order valence-electron chi connectivity index (χ4n) is 2.13. The molecule has 0 aliphatic carbocycles. The Kier molecular flexibility index (Phi) is 9.68. The zero-order chi connectivity index (χ0) is 17.1. The monoisotopic (exact) mass is 575 g/mol. The Balaban J connectivity index is 0.000000987. The summed E-state index contributed by atoms with van der Waals surface area (Å²) >= 11 is 0. The molecule has 0 radical (unpaired) electrons. The van der Waals surface area contributed by atoms with Gasteiger partial charge in [0.2, 0.25) is 0 Å². The van der Waals surface area contributed by atoms with E-state index in [1.54, 1.807) is 0 Å². The summed E-state index contributed by atoms with van der Waals surface area (Å²) in [7, 11) is 0. The van der Waals surface area contributed by atoms with Gasteiger partial charge in [0.05, 0.1) is 0 Å². The zero-order valence-electron chi connectivity index (χ0n) is 15.6. The Morgan fingerprint density at radius 1 is 0.958 bits per heavy atom. The fraction of sp³-hybridized carbons (Fsp3) is 0.286. The van der Waals surface area contributed by atoms with Crippen LogP contribution in [0, 0.1) is 13.0 Å². The van der Waals surface area contributed by atoms with Crippen molar-refractivity contribution < 1.29 is 0 Å². The number of aromatic nitrogens is 2. The van der Waals surface area contributed by atoms with Crippen LogP contribution in [0.1, 0.15) is 39.1 Å². The molecule has 0 spiro atoms. The first-order valence-corrected chi connectivity index (χ1v) is 8.37. The van der Waals surface area contributed by atoms with E-state index in [9.17, 15) is 0 Å². The van der Waals surface area contributed by atoms with E-state index in [1.165, 1.54) is 11.1 Å². The first-order chi connectivity index (χ1) is 11.3. The molecule has 0 bridgehead atoms. The van der Waals surface area contributed by atoms with Gasteiger partial charge in [-0.25, -0.2) is 4.98 Å². The van der Waals surface area contributed by atoms with Crippen LogP contribution >= 0.6 is 0 Å². The molecule has 124 valence electrons. The van der Waals surface area contributed by atoms with Crippen LogP contribution in [0.5, 0.6) is 0 Å². The SMILES string of the molecule is CC.CC.Cc1nccn1Cc1ccc(-c2[c-]cccc2)cc1.[Db]. The van der Waals surface area contributed by atoms with E-state index in [4.69, 9.17) is 0 Å². The molecule has 0 aliphatic rings.